The second kappa shape index (κ2) is 5.35. The van der Waals surface area contributed by atoms with Gasteiger partial charge in [-0.2, -0.15) is 0 Å². The van der Waals surface area contributed by atoms with E-state index in [1.165, 1.54) is 0 Å². The third-order valence-corrected chi connectivity index (χ3v) is 3.75. The van der Waals surface area contributed by atoms with Crippen molar-refractivity contribution in [3.8, 4) is 22.4 Å². The fourth-order valence-electron chi connectivity index (χ4n) is 2.15. The largest absolute Gasteiger partial charge is 0.343 e. The van der Waals surface area contributed by atoms with Gasteiger partial charge in [0.15, 0.2) is 0 Å². The molecule has 1 aromatic heterocycles. The summed E-state index contributed by atoms with van der Waals surface area (Å²) in [6.07, 6.45) is 0. The van der Waals surface area contributed by atoms with Crippen LogP contribution in [0.2, 0.25) is 5.22 Å². The van der Waals surface area contributed by atoms with Gasteiger partial charge >= 0.3 is 0 Å². The highest BCUT2D eigenvalue weighted by molar-refractivity contribution is 7.80. The van der Waals surface area contributed by atoms with Crippen LogP contribution in [0.1, 0.15) is 5.56 Å². The molecule has 0 unspecified atom stereocenters. The SMILES string of the molecule is Cc1ccc(-c2c(-c3ccccc3)noc2Cl)c(S)c1. The summed E-state index contributed by atoms with van der Waals surface area (Å²) >= 11 is 10.7. The minimum Gasteiger partial charge on any atom is -0.343 e. The first-order valence-electron chi connectivity index (χ1n) is 6.17. The molecular formula is C16H12ClNOS. The van der Waals surface area contributed by atoms with Crippen molar-refractivity contribution in [1.82, 2.24) is 5.16 Å². The molecule has 0 fully saturated rings. The van der Waals surface area contributed by atoms with Crippen LogP contribution < -0.4 is 0 Å². The summed E-state index contributed by atoms with van der Waals surface area (Å²) in [5.74, 6) is 0. The minimum atomic E-state index is 0.281. The molecule has 0 saturated heterocycles. The summed E-state index contributed by atoms with van der Waals surface area (Å²) < 4.78 is 5.17. The standard InChI is InChI=1S/C16H12ClNOS/c1-10-7-8-12(13(20)9-10)14-15(18-19-16(14)17)11-5-3-2-4-6-11/h2-9,20H,1H3. The molecular weight excluding hydrogens is 290 g/mol. The second-order valence-electron chi connectivity index (χ2n) is 4.57. The molecule has 2 aromatic carbocycles. The Morgan fingerprint density at radius 3 is 2.55 bits per heavy atom. The molecule has 0 atom stereocenters. The molecule has 1 heterocycles. The topological polar surface area (TPSA) is 26.0 Å². The lowest BCUT2D eigenvalue weighted by molar-refractivity contribution is 0.424. The van der Waals surface area contributed by atoms with Gasteiger partial charge in [0.2, 0.25) is 5.22 Å². The van der Waals surface area contributed by atoms with E-state index >= 15 is 0 Å². The van der Waals surface area contributed by atoms with Gasteiger partial charge in [0.1, 0.15) is 5.69 Å². The van der Waals surface area contributed by atoms with Gasteiger partial charge in [-0.1, -0.05) is 47.6 Å². The first-order valence-corrected chi connectivity index (χ1v) is 7.00. The highest BCUT2D eigenvalue weighted by Crippen LogP contribution is 2.40. The molecule has 0 aliphatic rings. The average Bonchev–Trinajstić information content (AvgIpc) is 2.82. The van der Waals surface area contributed by atoms with Crippen molar-refractivity contribution in [2.45, 2.75) is 11.8 Å². The normalized spacial score (nSPS) is 10.8. The Hall–Kier alpha value is -1.71. The van der Waals surface area contributed by atoms with Gasteiger partial charge in [-0.15, -0.1) is 12.6 Å². The van der Waals surface area contributed by atoms with Crippen molar-refractivity contribution < 1.29 is 4.52 Å². The number of nitrogens with zero attached hydrogens (tertiary/aromatic N) is 1. The molecule has 0 spiro atoms. The summed E-state index contributed by atoms with van der Waals surface area (Å²) in [5.41, 5.74) is 4.54. The van der Waals surface area contributed by atoms with E-state index in [1.54, 1.807) is 0 Å². The Morgan fingerprint density at radius 2 is 1.85 bits per heavy atom. The van der Waals surface area contributed by atoms with E-state index in [4.69, 9.17) is 16.1 Å². The van der Waals surface area contributed by atoms with Gasteiger partial charge in [-0.25, -0.2) is 0 Å². The Balaban J connectivity index is 2.22. The third-order valence-electron chi connectivity index (χ3n) is 3.12. The maximum Gasteiger partial charge on any atom is 0.234 e. The number of hydrogen-bond acceptors (Lipinski definition) is 3. The Labute approximate surface area is 127 Å². The summed E-state index contributed by atoms with van der Waals surface area (Å²) in [5, 5.41) is 4.37. The number of thiol groups is 1. The van der Waals surface area contributed by atoms with Crippen LogP contribution in [0.25, 0.3) is 22.4 Å². The highest BCUT2D eigenvalue weighted by atomic mass is 35.5. The van der Waals surface area contributed by atoms with Gasteiger partial charge < -0.3 is 4.52 Å². The van der Waals surface area contributed by atoms with Crippen LogP contribution in [0.3, 0.4) is 0 Å². The van der Waals surface area contributed by atoms with Crippen LogP contribution in [0.5, 0.6) is 0 Å². The van der Waals surface area contributed by atoms with Crippen molar-refractivity contribution in [2.24, 2.45) is 0 Å². The Bertz CT molecular complexity index is 752. The molecule has 0 amide bonds. The molecule has 20 heavy (non-hydrogen) atoms. The fraction of sp³-hybridized carbons (Fsp3) is 0.0625. The number of benzene rings is 2. The zero-order valence-electron chi connectivity index (χ0n) is 10.8. The van der Waals surface area contributed by atoms with E-state index < -0.39 is 0 Å². The second-order valence-corrected chi connectivity index (χ2v) is 5.39. The lowest BCUT2D eigenvalue weighted by atomic mass is 10.0. The molecule has 100 valence electrons. The van der Waals surface area contributed by atoms with Crippen LogP contribution >= 0.6 is 24.2 Å². The Kier molecular flexibility index (Phi) is 3.55. The molecule has 2 nitrogen and oxygen atoms in total. The van der Waals surface area contributed by atoms with E-state index in [0.29, 0.717) is 0 Å². The van der Waals surface area contributed by atoms with Crippen LogP contribution in [0, 0.1) is 6.92 Å². The van der Waals surface area contributed by atoms with E-state index in [9.17, 15) is 0 Å². The minimum absolute atomic E-state index is 0.281. The van der Waals surface area contributed by atoms with Crippen molar-refractivity contribution in [3.05, 3.63) is 59.3 Å². The molecule has 0 bridgehead atoms. The molecule has 0 saturated carbocycles. The molecule has 4 heteroatoms. The lowest BCUT2D eigenvalue weighted by Gasteiger charge is -2.06. The van der Waals surface area contributed by atoms with E-state index in [1.807, 2.05) is 55.5 Å². The monoisotopic (exact) mass is 301 g/mol. The maximum absolute atomic E-state index is 6.18. The van der Waals surface area contributed by atoms with Gasteiger partial charge in [0.05, 0.1) is 5.56 Å². The van der Waals surface area contributed by atoms with Crippen molar-refractivity contribution in [1.29, 1.82) is 0 Å². The van der Waals surface area contributed by atoms with Gasteiger partial charge in [-0.05, 0) is 30.2 Å². The summed E-state index contributed by atoms with van der Waals surface area (Å²) in [6, 6.07) is 15.8. The van der Waals surface area contributed by atoms with E-state index in [-0.39, 0.29) is 5.22 Å². The fourth-order valence-corrected chi connectivity index (χ4v) is 2.77. The van der Waals surface area contributed by atoms with Crippen molar-refractivity contribution in [3.63, 3.8) is 0 Å². The van der Waals surface area contributed by atoms with Crippen LogP contribution in [-0.4, -0.2) is 5.16 Å². The maximum atomic E-state index is 6.18. The van der Waals surface area contributed by atoms with Gasteiger partial charge in [0.25, 0.3) is 0 Å². The highest BCUT2D eigenvalue weighted by Gasteiger charge is 2.19. The zero-order valence-corrected chi connectivity index (χ0v) is 12.4. The average molecular weight is 302 g/mol. The first-order chi connectivity index (χ1) is 9.66. The molecule has 0 N–H and O–H groups in total. The van der Waals surface area contributed by atoms with E-state index in [2.05, 4.69) is 17.8 Å². The van der Waals surface area contributed by atoms with Crippen LogP contribution in [0.4, 0.5) is 0 Å². The van der Waals surface area contributed by atoms with Crippen molar-refractivity contribution >= 4 is 24.2 Å². The van der Waals surface area contributed by atoms with Crippen LogP contribution in [0.15, 0.2) is 57.9 Å². The van der Waals surface area contributed by atoms with E-state index in [0.717, 1.165) is 32.8 Å². The number of halogens is 1. The molecule has 0 aliphatic carbocycles. The Morgan fingerprint density at radius 1 is 1.10 bits per heavy atom. The van der Waals surface area contributed by atoms with Crippen LogP contribution in [-0.2, 0) is 0 Å². The quantitative estimate of drug-likeness (QED) is 0.653. The molecule has 3 aromatic rings. The van der Waals surface area contributed by atoms with Crippen molar-refractivity contribution in [2.75, 3.05) is 0 Å². The summed E-state index contributed by atoms with van der Waals surface area (Å²) in [6.45, 7) is 2.02. The molecule has 3 rings (SSSR count). The number of rotatable bonds is 2. The number of aromatic nitrogens is 1. The van der Waals surface area contributed by atoms with Gasteiger partial charge in [0, 0.05) is 16.0 Å². The summed E-state index contributed by atoms with van der Waals surface area (Å²) in [7, 11) is 0. The number of hydrogen-bond donors (Lipinski definition) is 1. The molecule has 0 radical (unpaired) electrons. The third kappa shape index (κ3) is 2.35. The summed E-state index contributed by atoms with van der Waals surface area (Å²) in [4.78, 5) is 0.854. The predicted octanol–water partition coefficient (Wildman–Crippen LogP) is 5.26. The smallest absolute Gasteiger partial charge is 0.234 e. The molecule has 0 aliphatic heterocycles. The first kappa shape index (κ1) is 13.3. The predicted molar refractivity (Wildman–Crippen MR) is 84.4 cm³/mol. The zero-order chi connectivity index (χ0) is 14.1. The lowest BCUT2D eigenvalue weighted by Crippen LogP contribution is -1.85. The number of aryl methyl sites for hydroxylation is 1. The van der Waals surface area contributed by atoms with Gasteiger partial charge in [-0.3, -0.25) is 0 Å².